The molecule has 0 saturated carbocycles. The summed E-state index contributed by atoms with van der Waals surface area (Å²) in [6, 6.07) is 16.1. The van der Waals surface area contributed by atoms with Gasteiger partial charge in [0.2, 0.25) is 0 Å². The van der Waals surface area contributed by atoms with E-state index in [1.165, 1.54) is 27.8 Å². The summed E-state index contributed by atoms with van der Waals surface area (Å²) in [6.07, 6.45) is 2.21. The minimum atomic E-state index is 0.512. The van der Waals surface area contributed by atoms with E-state index in [0.29, 0.717) is 12.0 Å². The molecule has 0 heterocycles. The molecule has 0 radical (unpaired) electrons. The number of nitrogens with zero attached hydrogens (tertiary/aromatic N) is 1. The van der Waals surface area contributed by atoms with Crippen molar-refractivity contribution in [3.63, 3.8) is 0 Å². The van der Waals surface area contributed by atoms with Gasteiger partial charge in [0.15, 0.2) is 0 Å². The Morgan fingerprint density at radius 1 is 1.12 bits per heavy atom. The van der Waals surface area contributed by atoms with E-state index in [2.05, 4.69) is 68.4 Å². The molecule has 0 saturated heterocycles. The Hall–Kier alpha value is -2.06. The molecule has 2 unspecified atom stereocenters. The molecular formula is C22H25NO. The second-order valence-electron chi connectivity index (χ2n) is 7.28. The van der Waals surface area contributed by atoms with Gasteiger partial charge < -0.3 is 9.64 Å². The third-order valence-corrected chi connectivity index (χ3v) is 5.75. The van der Waals surface area contributed by atoms with Gasteiger partial charge in [0.1, 0.15) is 5.75 Å². The highest BCUT2D eigenvalue weighted by Crippen LogP contribution is 2.55. The average Bonchev–Trinajstić information content (AvgIpc) is 3.10. The molecule has 2 atom stereocenters. The van der Waals surface area contributed by atoms with E-state index in [1.54, 1.807) is 12.7 Å². The van der Waals surface area contributed by atoms with Crippen LogP contribution in [0.1, 0.15) is 41.5 Å². The van der Waals surface area contributed by atoms with E-state index >= 15 is 0 Å². The summed E-state index contributed by atoms with van der Waals surface area (Å²) in [5.74, 6) is 1.48. The normalized spacial score (nSPS) is 19.3. The fourth-order valence-corrected chi connectivity index (χ4v) is 4.18. The maximum atomic E-state index is 5.50. The van der Waals surface area contributed by atoms with Crippen LogP contribution < -0.4 is 4.74 Å². The van der Waals surface area contributed by atoms with Gasteiger partial charge in [-0.3, -0.25) is 0 Å². The number of fused-ring (bicyclic) bond motifs is 5. The van der Waals surface area contributed by atoms with Gasteiger partial charge in [0, 0.05) is 12.0 Å². The van der Waals surface area contributed by atoms with Crippen molar-refractivity contribution in [2.24, 2.45) is 0 Å². The first kappa shape index (κ1) is 15.5. The molecule has 2 aromatic rings. The van der Waals surface area contributed by atoms with Crippen LogP contribution in [-0.2, 0) is 6.42 Å². The first-order valence-corrected chi connectivity index (χ1v) is 8.76. The lowest BCUT2D eigenvalue weighted by atomic mass is 9.95. The molecular weight excluding hydrogens is 294 g/mol. The highest BCUT2D eigenvalue weighted by molar-refractivity contribution is 6.02. The zero-order valence-corrected chi connectivity index (χ0v) is 15.0. The Balaban J connectivity index is 1.89. The SMILES string of the molecule is COc1ccc2c(c1)C(CC(C)N(C)C)=C1c3ccccc3CC12. The molecule has 124 valence electrons. The number of hydrogen-bond acceptors (Lipinski definition) is 2. The Morgan fingerprint density at radius 3 is 2.67 bits per heavy atom. The maximum Gasteiger partial charge on any atom is 0.119 e. The number of allylic oxidation sites excluding steroid dienone is 1. The lowest BCUT2D eigenvalue weighted by Gasteiger charge is -2.22. The van der Waals surface area contributed by atoms with Crippen LogP contribution in [0, 0.1) is 0 Å². The van der Waals surface area contributed by atoms with Crippen LogP contribution >= 0.6 is 0 Å². The highest BCUT2D eigenvalue weighted by Gasteiger charge is 2.38. The Kier molecular flexibility index (Phi) is 3.73. The predicted octanol–water partition coefficient (Wildman–Crippen LogP) is 4.60. The Morgan fingerprint density at radius 2 is 1.92 bits per heavy atom. The second-order valence-corrected chi connectivity index (χ2v) is 7.28. The van der Waals surface area contributed by atoms with Crippen LogP contribution in [0.2, 0.25) is 0 Å². The minimum absolute atomic E-state index is 0.512. The summed E-state index contributed by atoms with van der Waals surface area (Å²) >= 11 is 0. The van der Waals surface area contributed by atoms with Crippen LogP contribution in [0.5, 0.6) is 5.75 Å². The van der Waals surface area contributed by atoms with Crippen LogP contribution in [0.15, 0.2) is 42.5 Å². The van der Waals surface area contributed by atoms with Gasteiger partial charge in [-0.1, -0.05) is 30.3 Å². The fourth-order valence-electron chi connectivity index (χ4n) is 4.18. The van der Waals surface area contributed by atoms with Crippen molar-refractivity contribution in [1.82, 2.24) is 4.90 Å². The van der Waals surface area contributed by atoms with Crippen molar-refractivity contribution in [3.8, 4) is 5.75 Å². The van der Waals surface area contributed by atoms with Crippen LogP contribution in [0.25, 0.3) is 11.1 Å². The lowest BCUT2D eigenvalue weighted by molar-refractivity contribution is 0.319. The smallest absolute Gasteiger partial charge is 0.119 e. The number of ether oxygens (including phenoxy) is 1. The molecule has 2 heteroatoms. The first-order chi connectivity index (χ1) is 11.6. The standard InChI is InChI=1S/C22H25NO/c1-14(23(2)3)11-20-19-13-16(24-4)9-10-18(19)21-12-15-7-5-6-8-17(15)22(20)21/h5-10,13-14,21H,11-12H2,1-4H3. The van der Waals surface area contributed by atoms with Crippen molar-refractivity contribution < 1.29 is 4.74 Å². The first-order valence-electron chi connectivity index (χ1n) is 8.76. The second kappa shape index (κ2) is 5.78. The number of rotatable bonds is 4. The van der Waals surface area contributed by atoms with Gasteiger partial charge in [-0.15, -0.1) is 0 Å². The third-order valence-electron chi connectivity index (χ3n) is 5.75. The predicted molar refractivity (Wildman–Crippen MR) is 100 cm³/mol. The van der Waals surface area contributed by atoms with E-state index in [9.17, 15) is 0 Å². The molecule has 0 spiro atoms. The summed E-state index contributed by atoms with van der Waals surface area (Å²) in [7, 11) is 6.08. The molecule has 0 fully saturated rings. The summed E-state index contributed by atoms with van der Waals surface area (Å²) in [4.78, 5) is 2.31. The largest absolute Gasteiger partial charge is 0.497 e. The number of benzene rings is 2. The number of methoxy groups -OCH3 is 1. The van der Waals surface area contributed by atoms with E-state index in [0.717, 1.165) is 18.6 Å². The monoisotopic (exact) mass is 319 g/mol. The van der Waals surface area contributed by atoms with Crippen molar-refractivity contribution >= 4 is 11.1 Å². The van der Waals surface area contributed by atoms with Gasteiger partial charge >= 0.3 is 0 Å². The summed E-state index contributed by atoms with van der Waals surface area (Å²) in [5, 5.41) is 0. The molecule has 0 amide bonds. The number of hydrogen-bond donors (Lipinski definition) is 0. The summed E-state index contributed by atoms with van der Waals surface area (Å²) in [6.45, 7) is 2.31. The summed E-state index contributed by atoms with van der Waals surface area (Å²) < 4.78 is 5.50. The Bertz CT molecular complexity index is 818. The molecule has 0 aromatic heterocycles. The van der Waals surface area contributed by atoms with Gasteiger partial charge in [0.25, 0.3) is 0 Å². The van der Waals surface area contributed by atoms with Crippen molar-refractivity contribution in [2.45, 2.75) is 31.7 Å². The van der Waals surface area contributed by atoms with Crippen LogP contribution in [0.3, 0.4) is 0 Å². The molecule has 0 bridgehead atoms. The lowest BCUT2D eigenvalue weighted by Crippen LogP contribution is -2.24. The average molecular weight is 319 g/mol. The quantitative estimate of drug-likeness (QED) is 0.816. The van der Waals surface area contributed by atoms with Crippen molar-refractivity contribution in [1.29, 1.82) is 0 Å². The third kappa shape index (κ3) is 2.29. The van der Waals surface area contributed by atoms with Crippen molar-refractivity contribution in [3.05, 3.63) is 64.7 Å². The molecule has 2 aromatic carbocycles. The molecule has 24 heavy (non-hydrogen) atoms. The molecule has 2 aliphatic rings. The molecule has 0 aliphatic heterocycles. The maximum absolute atomic E-state index is 5.50. The fraction of sp³-hybridized carbons (Fsp3) is 0.364. The van der Waals surface area contributed by atoms with Gasteiger partial charge in [-0.25, -0.2) is 0 Å². The van der Waals surface area contributed by atoms with Crippen LogP contribution in [-0.4, -0.2) is 32.1 Å². The van der Waals surface area contributed by atoms with Gasteiger partial charge in [-0.05, 0) is 79.4 Å². The minimum Gasteiger partial charge on any atom is -0.497 e. The van der Waals surface area contributed by atoms with E-state index in [1.807, 2.05) is 0 Å². The van der Waals surface area contributed by atoms with E-state index in [4.69, 9.17) is 4.74 Å². The zero-order chi connectivity index (χ0) is 16.8. The van der Waals surface area contributed by atoms with Crippen molar-refractivity contribution in [2.75, 3.05) is 21.2 Å². The highest BCUT2D eigenvalue weighted by atomic mass is 16.5. The topological polar surface area (TPSA) is 12.5 Å². The summed E-state index contributed by atoms with van der Waals surface area (Å²) in [5.41, 5.74) is 8.90. The van der Waals surface area contributed by atoms with Gasteiger partial charge in [-0.2, -0.15) is 0 Å². The molecule has 4 rings (SSSR count). The van der Waals surface area contributed by atoms with Gasteiger partial charge in [0.05, 0.1) is 7.11 Å². The van der Waals surface area contributed by atoms with E-state index in [-0.39, 0.29) is 0 Å². The Labute approximate surface area is 144 Å². The molecule has 2 aliphatic carbocycles. The molecule has 0 N–H and O–H groups in total. The zero-order valence-electron chi connectivity index (χ0n) is 15.0. The molecule has 2 nitrogen and oxygen atoms in total. The van der Waals surface area contributed by atoms with Crippen LogP contribution in [0.4, 0.5) is 0 Å². The van der Waals surface area contributed by atoms with E-state index < -0.39 is 0 Å².